The molecule has 2 fully saturated rings. The number of benzene rings is 1. The number of thiophene rings is 1. The second-order valence-corrected chi connectivity index (χ2v) is 11.1. The molecule has 1 aliphatic carbocycles. The lowest BCUT2D eigenvalue weighted by Gasteiger charge is -2.41. The number of hydrogen-bond acceptors (Lipinski definition) is 7. The summed E-state index contributed by atoms with van der Waals surface area (Å²) in [6, 6.07) is 9.06. The van der Waals surface area contributed by atoms with Gasteiger partial charge in [0.25, 0.3) is 5.91 Å². The maximum Gasteiger partial charge on any atom is 0.412 e. The van der Waals surface area contributed by atoms with Crippen LogP contribution in [0, 0.1) is 17.3 Å². The Morgan fingerprint density at radius 1 is 1.31 bits per heavy atom. The lowest BCUT2D eigenvalue weighted by atomic mass is 9.90. The molecule has 1 spiro atoms. The van der Waals surface area contributed by atoms with Crippen LogP contribution in [0.4, 0.5) is 10.5 Å². The van der Waals surface area contributed by atoms with Crippen LogP contribution in [0.15, 0.2) is 36.0 Å². The number of β-lactam (4-membered cyclic amide) rings is 1. The molecule has 1 aromatic carbocycles. The molecule has 2 amide bonds. The molecule has 176 valence electrons. The number of hydroxylamine groups is 2. The molecule has 2 aromatic heterocycles. The molecule has 3 aromatic rings. The monoisotopic (exact) mass is 543 g/mol. The van der Waals surface area contributed by atoms with Gasteiger partial charge >= 0.3 is 6.09 Å². The second-order valence-electron chi connectivity index (χ2n) is 8.28. The van der Waals surface area contributed by atoms with Gasteiger partial charge in [-0.3, -0.25) is 10.1 Å². The molecular weight excluding hydrogens is 529 g/mol. The van der Waals surface area contributed by atoms with Gasteiger partial charge in [0.05, 0.1) is 16.0 Å². The molecule has 1 N–H and O–H groups in total. The Labute approximate surface area is 218 Å². The van der Waals surface area contributed by atoms with E-state index in [9.17, 15) is 9.59 Å². The van der Waals surface area contributed by atoms with Crippen LogP contribution in [0.2, 0.25) is 9.36 Å². The Kier molecular flexibility index (Phi) is 5.31. The van der Waals surface area contributed by atoms with Crippen molar-refractivity contribution in [3.8, 4) is 16.9 Å². The molecule has 1 unspecified atom stereocenters. The molecule has 35 heavy (non-hydrogen) atoms. The van der Waals surface area contributed by atoms with Crippen molar-refractivity contribution in [1.29, 1.82) is 0 Å². The fraction of sp³-hybridized carbons (Fsp3) is 0.208. The predicted octanol–water partition coefficient (Wildman–Crippen LogP) is 6.49. The molecular formula is C24H15Cl2N3O4S2. The summed E-state index contributed by atoms with van der Waals surface area (Å²) < 4.78 is 9.98. The molecule has 1 saturated heterocycles. The Bertz CT molecular complexity index is 1500. The maximum absolute atomic E-state index is 12.5. The van der Waals surface area contributed by atoms with Gasteiger partial charge in [-0.15, -0.1) is 5.06 Å². The lowest BCUT2D eigenvalue weighted by molar-refractivity contribution is -0.174. The molecule has 1 atom stereocenters. The Balaban J connectivity index is 1.18. The van der Waals surface area contributed by atoms with Crippen molar-refractivity contribution in [3.05, 3.63) is 67.1 Å². The molecule has 4 heterocycles. The highest BCUT2D eigenvalue weighted by Crippen LogP contribution is 2.63. The van der Waals surface area contributed by atoms with Gasteiger partial charge in [0.15, 0.2) is 5.69 Å². The van der Waals surface area contributed by atoms with Crippen LogP contribution in [0.1, 0.15) is 47.6 Å². The average molecular weight is 544 g/mol. The van der Waals surface area contributed by atoms with Crippen LogP contribution in [-0.4, -0.2) is 21.4 Å². The van der Waals surface area contributed by atoms with Crippen molar-refractivity contribution >= 4 is 69.8 Å². The summed E-state index contributed by atoms with van der Waals surface area (Å²) in [5, 5.41) is 5.14. The van der Waals surface area contributed by atoms with E-state index in [1.165, 1.54) is 16.4 Å². The molecule has 0 radical (unpaired) electrons. The van der Waals surface area contributed by atoms with Gasteiger partial charge in [-0.25, -0.2) is 4.79 Å². The third kappa shape index (κ3) is 3.78. The minimum absolute atomic E-state index is 0.0269. The van der Waals surface area contributed by atoms with Gasteiger partial charge in [0.1, 0.15) is 16.1 Å². The van der Waals surface area contributed by atoms with Crippen molar-refractivity contribution in [2.24, 2.45) is 5.41 Å². The molecule has 7 nitrogen and oxygen atoms in total. The number of anilines is 1. The van der Waals surface area contributed by atoms with E-state index in [0.717, 1.165) is 40.5 Å². The molecule has 11 heteroatoms. The fourth-order valence-electron chi connectivity index (χ4n) is 4.03. The van der Waals surface area contributed by atoms with E-state index in [1.807, 2.05) is 18.2 Å². The number of carbonyl (C=O) groups excluding carboxylic acids is 2. The number of rotatable bonds is 3. The summed E-state index contributed by atoms with van der Waals surface area (Å²) in [4.78, 5) is 31.3. The van der Waals surface area contributed by atoms with Crippen molar-refractivity contribution in [3.63, 3.8) is 0 Å². The van der Waals surface area contributed by atoms with Crippen LogP contribution >= 0.6 is 46.1 Å². The first-order valence-electron chi connectivity index (χ1n) is 10.6. The minimum Gasteiger partial charge on any atom is -0.441 e. The van der Waals surface area contributed by atoms with Crippen LogP contribution < -0.4 is 10.2 Å². The van der Waals surface area contributed by atoms with Crippen LogP contribution in [0.3, 0.4) is 0 Å². The summed E-state index contributed by atoms with van der Waals surface area (Å²) >= 11 is 14.8. The topological polar surface area (TPSA) is 80.8 Å². The molecule has 2 aliphatic heterocycles. The zero-order valence-electron chi connectivity index (χ0n) is 18.1. The Morgan fingerprint density at radius 2 is 2.11 bits per heavy atom. The van der Waals surface area contributed by atoms with Crippen molar-refractivity contribution in [1.82, 2.24) is 9.44 Å². The first kappa shape index (κ1) is 22.4. The van der Waals surface area contributed by atoms with Crippen molar-refractivity contribution in [2.45, 2.75) is 25.9 Å². The third-order valence-electron chi connectivity index (χ3n) is 6.05. The van der Waals surface area contributed by atoms with Gasteiger partial charge < -0.3 is 9.57 Å². The number of hydrogen-bond donors (Lipinski definition) is 1. The van der Waals surface area contributed by atoms with Gasteiger partial charge in [0.2, 0.25) is 5.06 Å². The maximum atomic E-state index is 12.5. The summed E-state index contributed by atoms with van der Waals surface area (Å²) in [6.07, 6.45) is 2.49. The number of carbonyl (C=O) groups is 2. The van der Waals surface area contributed by atoms with E-state index < -0.39 is 12.2 Å². The Hall–Kier alpha value is -3.03. The SMILES string of the molecule is CC(OC(=O)Nc1c(C#Cc2cc3c(s2)ON2C(=O)C4(CC4)C2=C3)nsc1Cl)c1ccccc1Cl. The smallest absolute Gasteiger partial charge is 0.412 e. The first-order valence-corrected chi connectivity index (χ1v) is 13.0. The Morgan fingerprint density at radius 3 is 2.89 bits per heavy atom. The first-order chi connectivity index (χ1) is 16.9. The molecule has 1 saturated carbocycles. The van der Waals surface area contributed by atoms with E-state index in [2.05, 4.69) is 21.5 Å². The number of nitrogens with one attached hydrogen (secondary N) is 1. The number of ether oxygens (including phenoxy) is 1. The third-order valence-corrected chi connectivity index (χ3v) is 8.37. The quantitative estimate of drug-likeness (QED) is 0.301. The van der Waals surface area contributed by atoms with Gasteiger partial charge in [-0.2, -0.15) is 4.37 Å². The number of amides is 2. The van der Waals surface area contributed by atoms with Crippen molar-refractivity contribution < 1.29 is 19.2 Å². The fourth-order valence-corrected chi connectivity index (χ4v) is 5.95. The standard InChI is InChI=1S/C24H15Cl2N3O4S2/c1-12(15-4-2-3-5-16(15)25)32-23(31)27-19-17(28-35-20(19)26)7-6-14-10-13-11-18-24(8-9-24)22(30)29(18)33-21(13)34-14/h2-5,10-12H,8-9H2,1H3,(H,27,31). The van der Waals surface area contributed by atoms with E-state index in [4.69, 9.17) is 32.8 Å². The highest BCUT2D eigenvalue weighted by Gasteiger charge is 2.67. The van der Waals surface area contributed by atoms with Gasteiger partial charge in [0, 0.05) is 16.1 Å². The van der Waals surface area contributed by atoms with E-state index >= 15 is 0 Å². The van der Waals surface area contributed by atoms with Gasteiger partial charge in [-0.1, -0.05) is 52.7 Å². The van der Waals surface area contributed by atoms with Crippen LogP contribution in [-0.2, 0) is 9.53 Å². The molecule has 3 aliphatic rings. The van der Waals surface area contributed by atoms with Crippen molar-refractivity contribution in [2.75, 3.05) is 5.32 Å². The second kappa shape index (κ2) is 8.28. The molecule has 6 rings (SSSR count). The van der Waals surface area contributed by atoms with E-state index in [0.29, 0.717) is 21.3 Å². The summed E-state index contributed by atoms with van der Waals surface area (Å²) in [5.74, 6) is 6.04. The number of aromatic nitrogens is 1. The van der Waals surface area contributed by atoms with E-state index in [1.54, 1.807) is 25.1 Å². The zero-order valence-corrected chi connectivity index (χ0v) is 21.2. The number of fused-ring (bicyclic) bond motifs is 3. The number of halogens is 2. The van der Waals surface area contributed by atoms with Gasteiger partial charge in [-0.05, 0) is 61.3 Å². The normalized spacial score (nSPS) is 17.2. The van der Waals surface area contributed by atoms with E-state index in [-0.39, 0.29) is 21.3 Å². The summed E-state index contributed by atoms with van der Waals surface area (Å²) in [7, 11) is 0. The zero-order chi connectivity index (χ0) is 24.3. The predicted molar refractivity (Wildman–Crippen MR) is 135 cm³/mol. The van der Waals surface area contributed by atoms with Crippen LogP contribution in [0.25, 0.3) is 6.08 Å². The largest absolute Gasteiger partial charge is 0.441 e. The minimum atomic E-state index is -0.697. The summed E-state index contributed by atoms with van der Waals surface area (Å²) in [6.45, 7) is 1.73. The van der Waals surface area contributed by atoms with Crippen LogP contribution in [0.5, 0.6) is 5.06 Å². The highest BCUT2D eigenvalue weighted by molar-refractivity contribution is 7.14. The molecule has 0 bridgehead atoms. The lowest BCUT2D eigenvalue weighted by Crippen LogP contribution is -2.54. The average Bonchev–Trinajstić information content (AvgIpc) is 3.49. The number of nitrogens with zero attached hydrogens (tertiary/aromatic N) is 2. The summed E-state index contributed by atoms with van der Waals surface area (Å²) in [5.41, 5.74) is 2.80. The highest BCUT2D eigenvalue weighted by atomic mass is 35.5.